The molecule has 0 aliphatic heterocycles. The van der Waals surface area contributed by atoms with Crippen LogP contribution in [0.5, 0.6) is 0 Å². The normalized spacial score (nSPS) is 10.7. The first kappa shape index (κ1) is 14.7. The third-order valence-electron chi connectivity index (χ3n) is 3.55. The lowest BCUT2D eigenvalue weighted by atomic mass is 9.94. The Balaban J connectivity index is 2.33. The zero-order valence-electron chi connectivity index (χ0n) is 11.8. The molecule has 0 amide bonds. The zero-order valence-corrected chi connectivity index (χ0v) is 13.4. The van der Waals surface area contributed by atoms with E-state index in [1.807, 2.05) is 24.3 Å². The van der Waals surface area contributed by atoms with E-state index in [0.29, 0.717) is 16.5 Å². The lowest BCUT2D eigenvalue weighted by molar-refractivity contribution is 0.0601. The van der Waals surface area contributed by atoms with Crippen molar-refractivity contribution >= 4 is 32.7 Å². The van der Waals surface area contributed by atoms with Gasteiger partial charge in [-0.05, 0) is 34.7 Å². The van der Waals surface area contributed by atoms with Crippen LogP contribution in [0, 0.1) is 5.82 Å². The van der Waals surface area contributed by atoms with Crippen LogP contribution in [0.15, 0.2) is 59.1 Å². The molecular weight excluding hydrogens is 347 g/mol. The van der Waals surface area contributed by atoms with Gasteiger partial charge in [0.2, 0.25) is 0 Å². The molecule has 0 aliphatic carbocycles. The van der Waals surface area contributed by atoms with Gasteiger partial charge in [-0.15, -0.1) is 0 Å². The molecule has 0 saturated carbocycles. The average molecular weight is 359 g/mol. The van der Waals surface area contributed by atoms with Crippen molar-refractivity contribution in [2.75, 3.05) is 7.11 Å². The number of carbonyl (C=O) groups is 1. The largest absolute Gasteiger partial charge is 0.465 e. The Morgan fingerprint density at radius 1 is 1.00 bits per heavy atom. The number of halogens is 2. The first-order valence-corrected chi connectivity index (χ1v) is 7.46. The number of rotatable bonds is 2. The number of benzene rings is 3. The van der Waals surface area contributed by atoms with E-state index in [4.69, 9.17) is 4.74 Å². The molecule has 3 rings (SSSR count). The summed E-state index contributed by atoms with van der Waals surface area (Å²) in [6.45, 7) is 0. The van der Waals surface area contributed by atoms with Crippen LogP contribution in [-0.4, -0.2) is 13.1 Å². The summed E-state index contributed by atoms with van der Waals surface area (Å²) in [5.74, 6) is -0.708. The van der Waals surface area contributed by atoms with E-state index in [9.17, 15) is 9.18 Å². The summed E-state index contributed by atoms with van der Waals surface area (Å²) in [5, 5.41) is 1.29. The number of hydrogen-bond acceptors (Lipinski definition) is 2. The Morgan fingerprint density at radius 3 is 2.41 bits per heavy atom. The van der Waals surface area contributed by atoms with Crippen LogP contribution in [0.4, 0.5) is 4.39 Å². The summed E-state index contributed by atoms with van der Waals surface area (Å²) in [6, 6.07) is 15.7. The van der Waals surface area contributed by atoms with Crippen molar-refractivity contribution in [3.8, 4) is 11.1 Å². The first-order chi connectivity index (χ1) is 10.6. The van der Waals surface area contributed by atoms with E-state index in [2.05, 4.69) is 15.9 Å². The summed E-state index contributed by atoms with van der Waals surface area (Å²) in [7, 11) is 1.34. The van der Waals surface area contributed by atoms with E-state index < -0.39 is 5.97 Å². The number of hydrogen-bond donors (Lipinski definition) is 0. The van der Waals surface area contributed by atoms with E-state index in [1.54, 1.807) is 24.3 Å². The van der Waals surface area contributed by atoms with Crippen LogP contribution in [-0.2, 0) is 4.74 Å². The van der Waals surface area contributed by atoms with Crippen molar-refractivity contribution in [3.05, 3.63) is 70.5 Å². The van der Waals surface area contributed by atoms with E-state index in [1.165, 1.54) is 13.2 Å². The standard InChI is InChI=1S/C18H12BrFO2/c1-22-18(21)16-10-11(19)6-7-14(16)13-8-9-17(20)15-5-3-2-4-12(13)15/h2-10H,1H3. The SMILES string of the molecule is COC(=O)c1cc(Br)ccc1-c1ccc(F)c2ccccc12. The summed E-state index contributed by atoms with van der Waals surface area (Å²) in [6.07, 6.45) is 0. The Morgan fingerprint density at radius 2 is 1.68 bits per heavy atom. The lowest BCUT2D eigenvalue weighted by Crippen LogP contribution is -2.04. The van der Waals surface area contributed by atoms with Crippen LogP contribution < -0.4 is 0 Å². The van der Waals surface area contributed by atoms with Crippen LogP contribution in [0.3, 0.4) is 0 Å². The molecular formula is C18H12BrFO2. The highest BCUT2D eigenvalue weighted by Crippen LogP contribution is 2.34. The molecule has 3 aromatic rings. The first-order valence-electron chi connectivity index (χ1n) is 6.67. The molecule has 0 saturated heterocycles. The second-order valence-corrected chi connectivity index (χ2v) is 5.74. The third kappa shape index (κ3) is 2.50. The molecule has 0 N–H and O–H groups in total. The summed E-state index contributed by atoms with van der Waals surface area (Å²) >= 11 is 3.36. The molecule has 22 heavy (non-hydrogen) atoms. The molecule has 0 aliphatic rings. The molecule has 3 aromatic carbocycles. The molecule has 0 fully saturated rings. The highest BCUT2D eigenvalue weighted by molar-refractivity contribution is 9.10. The molecule has 0 spiro atoms. The highest BCUT2D eigenvalue weighted by atomic mass is 79.9. The Kier molecular flexibility index (Phi) is 3.94. The minimum absolute atomic E-state index is 0.281. The van der Waals surface area contributed by atoms with Gasteiger partial charge in [0.05, 0.1) is 12.7 Å². The number of carbonyl (C=O) groups excluding carboxylic acids is 1. The van der Waals surface area contributed by atoms with E-state index >= 15 is 0 Å². The average Bonchev–Trinajstić information content (AvgIpc) is 2.55. The van der Waals surface area contributed by atoms with Gasteiger partial charge in [-0.25, -0.2) is 9.18 Å². The maximum atomic E-state index is 14.0. The molecule has 0 atom stereocenters. The van der Waals surface area contributed by atoms with Gasteiger partial charge < -0.3 is 4.74 Å². The van der Waals surface area contributed by atoms with Crippen LogP contribution in [0.25, 0.3) is 21.9 Å². The minimum atomic E-state index is -0.426. The molecule has 2 nitrogen and oxygen atoms in total. The highest BCUT2D eigenvalue weighted by Gasteiger charge is 2.16. The number of fused-ring (bicyclic) bond motifs is 1. The Hall–Kier alpha value is -2.20. The molecule has 0 aromatic heterocycles. The van der Waals surface area contributed by atoms with Crippen LogP contribution in [0.2, 0.25) is 0 Å². The summed E-state index contributed by atoms with van der Waals surface area (Å²) < 4.78 is 19.6. The molecule has 0 heterocycles. The van der Waals surface area contributed by atoms with Gasteiger partial charge in [-0.2, -0.15) is 0 Å². The lowest BCUT2D eigenvalue weighted by Gasteiger charge is -2.12. The van der Waals surface area contributed by atoms with Crippen LogP contribution >= 0.6 is 15.9 Å². The van der Waals surface area contributed by atoms with Gasteiger partial charge in [-0.3, -0.25) is 0 Å². The fourth-order valence-corrected chi connectivity index (χ4v) is 2.89. The second-order valence-electron chi connectivity index (χ2n) is 4.82. The molecule has 0 radical (unpaired) electrons. The smallest absolute Gasteiger partial charge is 0.338 e. The Labute approximate surface area is 135 Å². The van der Waals surface area contributed by atoms with Gasteiger partial charge >= 0.3 is 5.97 Å². The summed E-state index contributed by atoms with van der Waals surface area (Å²) in [5.41, 5.74) is 1.95. The third-order valence-corrected chi connectivity index (χ3v) is 4.04. The maximum Gasteiger partial charge on any atom is 0.338 e. The van der Waals surface area contributed by atoms with E-state index in [-0.39, 0.29) is 5.82 Å². The van der Waals surface area contributed by atoms with Crippen molar-refractivity contribution in [1.29, 1.82) is 0 Å². The molecule has 0 bridgehead atoms. The van der Waals surface area contributed by atoms with Crippen molar-refractivity contribution in [3.63, 3.8) is 0 Å². The van der Waals surface area contributed by atoms with Crippen LogP contribution in [0.1, 0.15) is 10.4 Å². The van der Waals surface area contributed by atoms with Crippen molar-refractivity contribution in [1.82, 2.24) is 0 Å². The quantitative estimate of drug-likeness (QED) is 0.589. The number of ether oxygens (including phenoxy) is 1. The number of esters is 1. The fourth-order valence-electron chi connectivity index (χ4n) is 2.53. The van der Waals surface area contributed by atoms with Crippen molar-refractivity contribution < 1.29 is 13.9 Å². The second kappa shape index (κ2) is 5.89. The molecule has 4 heteroatoms. The van der Waals surface area contributed by atoms with Gasteiger partial charge in [-0.1, -0.05) is 52.3 Å². The Bertz CT molecular complexity index is 874. The zero-order chi connectivity index (χ0) is 15.7. The molecule has 110 valence electrons. The van der Waals surface area contributed by atoms with Gasteiger partial charge in [0.1, 0.15) is 5.82 Å². The number of methoxy groups -OCH3 is 1. The predicted molar refractivity (Wildman–Crippen MR) is 88.4 cm³/mol. The summed E-state index contributed by atoms with van der Waals surface area (Å²) in [4.78, 5) is 12.0. The minimum Gasteiger partial charge on any atom is -0.465 e. The van der Waals surface area contributed by atoms with Gasteiger partial charge in [0.15, 0.2) is 0 Å². The van der Waals surface area contributed by atoms with Crippen molar-refractivity contribution in [2.45, 2.75) is 0 Å². The van der Waals surface area contributed by atoms with Gasteiger partial charge in [0, 0.05) is 9.86 Å². The van der Waals surface area contributed by atoms with Crippen molar-refractivity contribution in [2.24, 2.45) is 0 Å². The topological polar surface area (TPSA) is 26.3 Å². The molecule has 0 unspecified atom stereocenters. The maximum absolute atomic E-state index is 14.0. The van der Waals surface area contributed by atoms with E-state index in [0.717, 1.165) is 15.4 Å². The predicted octanol–water partition coefficient (Wildman–Crippen LogP) is 5.20. The monoisotopic (exact) mass is 358 g/mol. The van der Waals surface area contributed by atoms with Gasteiger partial charge in [0.25, 0.3) is 0 Å². The fraction of sp³-hybridized carbons (Fsp3) is 0.0556.